The summed E-state index contributed by atoms with van der Waals surface area (Å²) in [6.07, 6.45) is 7.82. The van der Waals surface area contributed by atoms with E-state index in [2.05, 4.69) is 11.2 Å². The molecule has 0 saturated carbocycles. The Morgan fingerprint density at radius 2 is 2.00 bits per heavy atom. The van der Waals surface area contributed by atoms with Crippen molar-refractivity contribution in [2.75, 3.05) is 6.54 Å². The third-order valence-electron chi connectivity index (χ3n) is 3.84. The van der Waals surface area contributed by atoms with E-state index in [1.807, 2.05) is 20.8 Å². The predicted molar refractivity (Wildman–Crippen MR) is 70.7 cm³/mol. The fourth-order valence-corrected chi connectivity index (χ4v) is 2.50. The molecule has 1 aliphatic heterocycles. The minimum Gasteiger partial charge on any atom is -0.340 e. The number of carbonyl (C=O) groups is 2. The minimum absolute atomic E-state index is 0.00852. The molecule has 1 N–H and O–H groups in total. The van der Waals surface area contributed by atoms with E-state index >= 15 is 0 Å². The van der Waals surface area contributed by atoms with Gasteiger partial charge in [-0.1, -0.05) is 20.8 Å². The van der Waals surface area contributed by atoms with Gasteiger partial charge in [-0.25, -0.2) is 0 Å². The smallest absolute Gasteiger partial charge is 0.249 e. The van der Waals surface area contributed by atoms with Crippen LogP contribution in [-0.2, 0) is 9.59 Å². The average Bonchev–Trinajstić information content (AvgIpc) is 2.38. The van der Waals surface area contributed by atoms with Gasteiger partial charge < -0.3 is 10.2 Å². The molecule has 1 atom stereocenters. The van der Waals surface area contributed by atoms with Gasteiger partial charge in [0.2, 0.25) is 11.8 Å². The number of piperazine rings is 1. The van der Waals surface area contributed by atoms with Crippen molar-refractivity contribution >= 4 is 11.8 Å². The molecule has 0 aromatic rings. The Hall–Kier alpha value is -1.50. The van der Waals surface area contributed by atoms with E-state index in [-0.39, 0.29) is 24.4 Å². The SMILES string of the molecule is C#CCC(CC)N1CC(=O)NC(CC)(CC)C1=O. The van der Waals surface area contributed by atoms with Gasteiger partial charge in [-0.2, -0.15) is 0 Å². The second-order valence-electron chi connectivity index (χ2n) is 4.74. The molecule has 1 aliphatic rings. The third-order valence-corrected chi connectivity index (χ3v) is 3.84. The lowest BCUT2D eigenvalue weighted by Gasteiger charge is -2.44. The van der Waals surface area contributed by atoms with Crippen LogP contribution >= 0.6 is 0 Å². The van der Waals surface area contributed by atoms with E-state index < -0.39 is 5.54 Å². The van der Waals surface area contributed by atoms with Gasteiger partial charge >= 0.3 is 0 Å². The molecule has 0 bridgehead atoms. The number of nitrogens with zero attached hydrogens (tertiary/aromatic N) is 1. The number of hydrogen-bond donors (Lipinski definition) is 1. The molecule has 0 radical (unpaired) electrons. The quantitative estimate of drug-likeness (QED) is 0.748. The van der Waals surface area contributed by atoms with Gasteiger partial charge in [0.1, 0.15) is 5.54 Å². The highest BCUT2D eigenvalue weighted by Crippen LogP contribution is 2.25. The molecular weight excluding hydrogens is 228 g/mol. The molecule has 1 fully saturated rings. The molecule has 1 rings (SSSR count). The first-order valence-corrected chi connectivity index (χ1v) is 6.60. The van der Waals surface area contributed by atoms with Crippen molar-refractivity contribution in [2.24, 2.45) is 0 Å². The van der Waals surface area contributed by atoms with Gasteiger partial charge in [-0.05, 0) is 19.3 Å². The summed E-state index contributed by atoms with van der Waals surface area (Å²) in [5.74, 6) is 2.51. The zero-order valence-electron chi connectivity index (χ0n) is 11.5. The van der Waals surface area contributed by atoms with Crippen LogP contribution in [0.1, 0.15) is 46.5 Å². The maximum atomic E-state index is 12.6. The number of hydrogen-bond acceptors (Lipinski definition) is 2. The van der Waals surface area contributed by atoms with Crippen molar-refractivity contribution in [1.29, 1.82) is 0 Å². The highest BCUT2D eigenvalue weighted by Gasteiger charge is 2.45. The lowest BCUT2D eigenvalue weighted by Crippen LogP contribution is -2.67. The molecule has 1 heterocycles. The fraction of sp³-hybridized carbons (Fsp3) is 0.714. The van der Waals surface area contributed by atoms with Crippen LogP contribution < -0.4 is 5.32 Å². The molecule has 100 valence electrons. The van der Waals surface area contributed by atoms with E-state index in [1.54, 1.807) is 4.90 Å². The summed E-state index contributed by atoms with van der Waals surface area (Å²) in [6, 6.07) is -0.0361. The van der Waals surface area contributed by atoms with Gasteiger partial charge in [0.05, 0.1) is 6.54 Å². The molecular formula is C14H22N2O2. The van der Waals surface area contributed by atoms with Gasteiger partial charge in [0, 0.05) is 12.5 Å². The number of terminal acetylenes is 1. The van der Waals surface area contributed by atoms with Gasteiger partial charge in [-0.3, -0.25) is 9.59 Å². The van der Waals surface area contributed by atoms with Gasteiger partial charge in [0.25, 0.3) is 0 Å². The maximum absolute atomic E-state index is 12.6. The van der Waals surface area contributed by atoms with Crippen molar-refractivity contribution in [3.05, 3.63) is 0 Å². The molecule has 0 aromatic heterocycles. The summed E-state index contributed by atoms with van der Waals surface area (Å²) in [5, 5.41) is 2.85. The monoisotopic (exact) mass is 250 g/mol. The molecule has 0 aromatic carbocycles. The summed E-state index contributed by atoms with van der Waals surface area (Å²) in [6.45, 7) is 5.96. The van der Waals surface area contributed by atoms with Crippen LogP contribution in [0.2, 0.25) is 0 Å². The van der Waals surface area contributed by atoms with E-state index in [1.165, 1.54) is 0 Å². The molecule has 2 amide bonds. The lowest BCUT2D eigenvalue weighted by atomic mass is 9.87. The second-order valence-corrected chi connectivity index (χ2v) is 4.74. The summed E-state index contributed by atoms with van der Waals surface area (Å²) < 4.78 is 0. The Morgan fingerprint density at radius 3 is 2.44 bits per heavy atom. The Labute approximate surface area is 109 Å². The molecule has 4 heteroatoms. The number of rotatable bonds is 5. The zero-order chi connectivity index (χ0) is 13.8. The molecule has 1 unspecified atom stereocenters. The Bertz CT molecular complexity index is 366. The van der Waals surface area contributed by atoms with E-state index in [4.69, 9.17) is 6.42 Å². The number of amides is 2. The van der Waals surface area contributed by atoms with Crippen LogP contribution in [0, 0.1) is 12.3 Å². The molecule has 18 heavy (non-hydrogen) atoms. The lowest BCUT2D eigenvalue weighted by molar-refractivity contribution is -0.152. The summed E-state index contributed by atoms with van der Waals surface area (Å²) in [5.41, 5.74) is -0.739. The van der Waals surface area contributed by atoms with Gasteiger partial charge in [-0.15, -0.1) is 12.3 Å². The largest absolute Gasteiger partial charge is 0.340 e. The molecule has 0 aliphatic carbocycles. The fourth-order valence-electron chi connectivity index (χ4n) is 2.50. The van der Waals surface area contributed by atoms with E-state index in [0.717, 1.165) is 6.42 Å². The Kier molecular flexibility index (Phi) is 4.77. The molecule has 0 spiro atoms. The highest BCUT2D eigenvalue weighted by atomic mass is 16.2. The average molecular weight is 250 g/mol. The first-order chi connectivity index (χ1) is 8.54. The van der Waals surface area contributed by atoms with Crippen molar-refractivity contribution < 1.29 is 9.59 Å². The van der Waals surface area contributed by atoms with Crippen molar-refractivity contribution in [2.45, 2.75) is 58.0 Å². The predicted octanol–water partition coefficient (Wildman–Crippen LogP) is 1.31. The second kappa shape index (κ2) is 5.90. The van der Waals surface area contributed by atoms with Crippen molar-refractivity contribution in [3.8, 4) is 12.3 Å². The van der Waals surface area contributed by atoms with Crippen molar-refractivity contribution in [1.82, 2.24) is 10.2 Å². The first-order valence-electron chi connectivity index (χ1n) is 6.60. The van der Waals surface area contributed by atoms with Crippen LogP contribution in [-0.4, -0.2) is 34.8 Å². The third kappa shape index (κ3) is 2.50. The minimum atomic E-state index is -0.739. The summed E-state index contributed by atoms with van der Waals surface area (Å²) in [4.78, 5) is 26.1. The van der Waals surface area contributed by atoms with Crippen LogP contribution in [0.3, 0.4) is 0 Å². The van der Waals surface area contributed by atoms with E-state index in [0.29, 0.717) is 19.3 Å². The number of carbonyl (C=O) groups excluding carboxylic acids is 2. The van der Waals surface area contributed by atoms with Crippen molar-refractivity contribution in [3.63, 3.8) is 0 Å². The van der Waals surface area contributed by atoms with Crippen LogP contribution in [0.15, 0.2) is 0 Å². The topological polar surface area (TPSA) is 49.4 Å². The van der Waals surface area contributed by atoms with E-state index in [9.17, 15) is 9.59 Å². The standard InChI is InChI=1S/C14H22N2O2/c1-5-9-11(6-2)16-10-12(17)15-14(7-3,8-4)13(16)18/h1,11H,6-10H2,2-4H3,(H,15,17). The summed E-state index contributed by atoms with van der Waals surface area (Å²) in [7, 11) is 0. The maximum Gasteiger partial charge on any atom is 0.249 e. The van der Waals surface area contributed by atoms with Gasteiger partial charge in [0.15, 0.2) is 0 Å². The summed E-state index contributed by atoms with van der Waals surface area (Å²) >= 11 is 0. The van der Waals surface area contributed by atoms with Crippen LogP contribution in [0.5, 0.6) is 0 Å². The Balaban J connectivity index is 3.02. The van der Waals surface area contributed by atoms with Crippen LogP contribution in [0.4, 0.5) is 0 Å². The molecule has 4 nitrogen and oxygen atoms in total. The molecule has 1 saturated heterocycles. The zero-order valence-corrected chi connectivity index (χ0v) is 11.5. The first kappa shape index (κ1) is 14.6. The highest BCUT2D eigenvalue weighted by molar-refractivity contribution is 5.98. The van der Waals surface area contributed by atoms with Crippen LogP contribution in [0.25, 0.3) is 0 Å². The Morgan fingerprint density at radius 1 is 1.39 bits per heavy atom. The number of nitrogens with one attached hydrogen (secondary N) is 1. The normalized spacial score (nSPS) is 20.2.